The van der Waals surface area contributed by atoms with E-state index in [4.69, 9.17) is 13.7 Å². The van der Waals surface area contributed by atoms with Gasteiger partial charge in [0.2, 0.25) is 0 Å². The van der Waals surface area contributed by atoms with E-state index in [1.165, 1.54) is 24.3 Å². The van der Waals surface area contributed by atoms with Crippen LogP contribution < -0.4 is 9.50 Å². The summed E-state index contributed by atoms with van der Waals surface area (Å²) in [6.07, 6.45) is -0.857. The van der Waals surface area contributed by atoms with Gasteiger partial charge in [0.1, 0.15) is 22.9 Å². The molecule has 0 saturated carbocycles. The summed E-state index contributed by atoms with van der Waals surface area (Å²) in [5.41, 5.74) is 1.57. The first kappa shape index (κ1) is 27.7. The molecule has 1 atom stereocenters. The fraction of sp³-hybridized carbons (Fsp3) is 0.286. The fourth-order valence-electron chi connectivity index (χ4n) is 3.30. The van der Waals surface area contributed by atoms with E-state index in [9.17, 15) is 18.0 Å². The Kier molecular flexibility index (Phi) is 8.94. The van der Waals surface area contributed by atoms with E-state index < -0.39 is 33.8 Å². The number of carbonyl (C=O) groups is 2. The lowest BCUT2D eigenvalue weighted by Crippen LogP contribution is -2.36. The molecule has 3 aromatic rings. The molecule has 37 heavy (non-hydrogen) atoms. The lowest BCUT2D eigenvalue weighted by Gasteiger charge is -2.23. The Hall–Kier alpha value is -3.85. The first-order valence-corrected chi connectivity index (χ1v) is 13.1. The highest BCUT2D eigenvalue weighted by atomic mass is 32.2. The monoisotopic (exact) mass is 525 g/mol. The summed E-state index contributed by atoms with van der Waals surface area (Å²) in [5.74, 6) is -0.431. The zero-order valence-corrected chi connectivity index (χ0v) is 22.1. The standard InChI is InChI=1S/C28H31NO7S/c1-20-10-16-24(17-11-20)37(32,33)36-23-14-12-22(13-15-23)25(29-27(31)35-28(2,3)4)18-26(30)34-19-21-8-6-5-7-9-21/h5-17,25H,18-19H2,1-4H3,(H,29,31). The zero-order valence-electron chi connectivity index (χ0n) is 21.3. The van der Waals surface area contributed by atoms with Crippen molar-refractivity contribution >= 4 is 22.2 Å². The second-order valence-corrected chi connectivity index (χ2v) is 11.0. The number of rotatable bonds is 9. The number of nitrogens with one attached hydrogen (secondary N) is 1. The van der Waals surface area contributed by atoms with E-state index in [0.717, 1.165) is 11.1 Å². The molecule has 0 aliphatic heterocycles. The van der Waals surface area contributed by atoms with Crippen molar-refractivity contribution in [3.8, 4) is 5.75 Å². The van der Waals surface area contributed by atoms with Gasteiger partial charge in [-0.25, -0.2) is 4.79 Å². The molecular weight excluding hydrogens is 494 g/mol. The summed E-state index contributed by atoms with van der Waals surface area (Å²) in [6, 6.07) is 20.8. The maximum atomic E-state index is 12.6. The number of hydrogen-bond donors (Lipinski definition) is 1. The van der Waals surface area contributed by atoms with E-state index in [0.29, 0.717) is 5.56 Å². The van der Waals surface area contributed by atoms with Gasteiger partial charge in [-0.15, -0.1) is 0 Å². The van der Waals surface area contributed by atoms with Gasteiger partial charge >= 0.3 is 22.2 Å². The van der Waals surface area contributed by atoms with E-state index in [2.05, 4.69) is 5.32 Å². The van der Waals surface area contributed by atoms with Gasteiger partial charge in [0.05, 0.1) is 12.5 Å². The van der Waals surface area contributed by atoms with Gasteiger partial charge in [-0.2, -0.15) is 8.42 Å². The second-order valence-electron chi connectivity index (χ2n) is 9.47. The van der Waals surface area contributed by atoms with Crippen molar-refractivity contribution in [3.63, 3.8) is 0 Å². The van der Waals surface area contributed by atoms with Crippen LogP contribution in [0.3, 0.4) is 0 Å². The van der Waals surface area contributed by atoms with Gasteiger partial charge < -0.3 is 19.0 Å². The van der Waals surface area contributed by atoms with Crippen LogP contribution in [-0.4, -0.2) is 26.1 Å². The lowest BCUT2D eigenvalue weighted by molar-refractivity contribution is -0.145. The number of benzene rings is 3. The van der Waals surface area contributed by atoms with Crippen LogP contribution in [0.1, 0.15) is 49.9 Å². The molecule has 1 N–H and O–H groups in total. The number of aryl methyl sites for hydroxylation is 1. The van der Waals surface area contributed by atoms with Gasteiger partial charge in [0.15, 0.2) is 0 Å². The van der Waals surface area contributed by atoms with Crippen molar-refractivity contribution < 1.29 is 31.7 Å². The normalized spacial score (nSPS) is 12.3. The Labute approximate surface area is 217 Å². The summed E-state index contributed by atoms with van der Waals surface area (Å²) < 4.78 is 41.1. The van der Waals surface area contributed by atoms with Crippen LogP contribution >= 0.6 is 0 Å². The third-order valence-electron chi connectivity index (χ3n) is 5.10. The topological polar surface area (TPSA) is 108 Å². The number of alkyl carbamates (subject to hydrolysis) is 1. The van der Waals surface area contributed by atoms with Gasteiger partial charge in [-0.3, -0.25) is 4.79 Å². The summed E-state index contributed by atoms with van der Waals surface area (Å²) in [5, 5.41) is 2.70. The summed E-state index contributed by atoms with van der Waals surface area (Å²) in [6.45, 7) is 7.15. The van der Waals surface area contributed by atoms with E-state index in [1.807, 2.05) is 37.3 Å². The van der Waals surface area contributed by atoms with Crippen molar-refractivity contribution in [1.29, 1.82) is 0 Å². The smallest absolute Gasteiger partial charge is 0.408 e. The van der Waals surface area contributed by atoms with Crippen LogP contribution in [0.5, 0.6) is 5.75 Å². The van der Waals surface area contributed by atoms with Gasteiger partial charge in [0.25, 0.3) is 0 Å². The molecule has 3 aromatic carbocycles. The number of amides is 1. The molecule has 8 nitrogen and oxygen atoms in total. The average molecular weight is 526 g/mol. The summed E-state index contributed by atoms with van der Waals surface area (Å²) >= 11 is 0. The third kappa shape index (κ3) is 8.95. The molecule has 196 valence electrons. The van der Waals surface area contributed by atoms with Crippen molar-refractivity contribution in [3.05, 3.63) is 95.6 Å². The maximum absolute atomic E-state index is 12.6. The Morgan fingerprint density at radius 1 is 0.892 bits per heavy atom. The number of carbonyl (C=O) groups excluding carboxylic acids is 2. The molecule has 0 saturated heterocycles. The van der Waals surface area contributed by atoms with E-state index in [-0.39, 0.29) is 23.7 Å². The van der Waals surface area contributed by atoms with Crippen LogP contribution in [-0.2, 0) is 31.0 Å². The molecule has 0 radical (unpaired) electrons. The number of hydrogen-bond acceptors (Lipinski definition) is 7. The molecule has 0 aliphatic carbocycles. The molecule has 0 spiro atoms. The minimum atomic E-state index is -4.02. The number of ether oxygens (including phenoxy) is 2. The Morgan fingerprint density at radius 2 is 1.51 bits per heavy atom. The minimum absolute atomic E-state index is 0.0350. The SMILES string of the molecule is Cc1ccc(S(=O)(=O)Oc2ccc(C(CC(=O)OCc3ccccc3)NC(=O)OC(C)(C)C)cc2)cc1. The Morgan fingerprint density at radius 3 is 2.11 bits per heavy atom. The van der Waals surface area contributed by atoms with Crippen molar-refractivity contribution in [2.24, 2.45) is 0 Å². The van der Waals surface area contributed by atoms with E-state index in [1.54, 1.807) is 45.0 Å². The van der Waals surface area contributed by atoms with Crippen LogP contribution in [0.2, 0.25) is 0 Å². The maximum Gasteiger partial charge on any atom is 0.408 e. The lowest BCUT2D eigenvalue weighted by atomic mass is 10.0. The quantitative estimate of drug-likeness (QED) is 0.292. The molecule has 0 aliphatic rings. The fourth-order valence-corrected chi connectivity index (χ4v) is 4.23. The van der Waals surface area contributed by atoms with Crippen LogP contribution in [0, 0.1) is 6.92 Å². The molecule has 1 amide bonds. The molecule has 0 aromatic heterocycles. The first-order chi connectivity index (χ1) is 17.4. The van der Waals surface area contributed by atoms with Crippen LogP contribution in [0.4, 0.5) is 4.79 Å². The van der Waals surface area contributed by atoms with Gasteiger partial charge in [-0.1, -0.05) is 60.2 Å². The molecule has 0 fully saturated rings. The van der Waals surface area contributed by atoms with Gasteiger partial charge in [-0.05, 0) is 63.1 Å². The molecule has 0 heterocycles. The Balaban J connectivity index is 1.73. The van der Waals surface area contributed by atoms with Crippen molar-refractivity contribution in [2.45, 2.75) is 57.3 Å². The summed E-state index contributed by atoms with van der Waals surface area (Å²) in [7, 11) is -4.02. The Bertz CT molecular complexity index is 1300. The second kappa shape index (κ2) is 11.9. The van der Waals surface area contributed by atoms with Crippen LogP contribution in [0.15, 0.2) is 83.8 Å². The highest BCUT2D eigenvalue weighted by Gasteiger charge is 2.24. The van der Waals surface area contributed by atoms with Crippen LogP contribution in [0.25, 0.3) is 0 Å². The van der Waals surface area contributed by atoms with E-state index >= 15 is 0 Å². The zero-order chi connectivity index (χ0) is 27.1. The minimum Gasteiger partial charge on any atom is -0.461 e. The molecule has 1 unspecified atom stereocenters. The summed E-state index contributed by atoms with van der Waals surface area (Å²) in [4.78, 5) is 25.1. The van der Waals surface area contributed by atoms with Crippen molar-refractivity contribution in [2.75, 3.05) is 0 Å². The third-order valence-corrected chi connectivity index (χ3v) is 6.36. The van der Waals surface area contributed by atoms with Crippen molar-refractivity contribution in [1.82, 2.24) is 5.32 Å². The number of esters is 1. The highest BCUT2D eigenvalue weighted by molar-refractivity contribution is 7.87. The largest absolute Gasteiger partial charge is 0.461 e. The predicted octanol–water partition coefficient (Wildman–Crippen LogP) is 5.46. The molecule has 3 rings (SSSR count). The van der Waals surface area contributed by atoms with Gasteiger partial charge in [0, 0.05) is 0 Å². The molecule has 9 heteroatoms. The first-order valence-electron chi connectivity index (χ1n) is 11.7. The highest BCUT2D eigenvalue weighted by Crippen LogP contribution is 2.24. The molecule has 0 bridgehead atoms. The average Bonchev–Trinajstić information content (AvgIpc) is 2.82. The predicted molar refractivity (Wildman–Crippen MR) is 138 cm³/mol. The molecular formula is C28H31NO7S.